The summed E-state index contributed by atoms with van der Waals surface area (Å²) in [4.78, 5) is 30.1. The van der Waals surface area contributed by atoms with Crippen LogP contribution in [0, 0.1) is 0 Å². The second kappa shape index (κ2) is 6.43. The van der Waals surface area contributed by atoms with E-state index < -0.39 is 11.8 Å². The SMILES string of the molecule is O=C(Nc1cccc2[nH]ccc12)C(=O)N1CCCCC1c1cn[nH]c1. The molecule has 128 valence electrons. The third-order valence-corrected chi connectivity index (χ3v) is 4.71. The first kappa shape index (κ1) is 15.4. The Morgan fingerprint density at radius 2 is 2.16 bits per heavy atom. The lowest BCUT2D eigenvalue weighted by molar-refractivity contribution is -0.145. The molecule has 1 atom stereocenters. The van der Waals surface area contributed by atoms with Gasteiger partial charge in [0.05, 0.1) is 17.9 Å². The molecule has 3 heterocycles. The van der Waals surface area contributed by atoms with Crippen LogP contribution in [0.4, 0.5) is 5.69 Å². The molecule has 0 spiro atoms. The number of nitrogens with one attached hydrogen (secondary N) is 3. The molecule has 2 aromatic heterocycles. The molecule has 7 nitrogen and oxygen atoms in total. The summed E-state index contributed by atoms with van der Waals surface area (Å²) >= 11 is 0. The topological polar surface area (TPSA) is 93.9 Å². The number of anilines is 1. The Balaban J connectivity index is 1.55. The quantitative estimate of drug-likeness (QED) is 0.627. The number of benzene rings is 1. The molecule has 2 amide bonds. The lowest BCUT2D eigenvalue weighted by Gasteiger charge is -2.34. The number of carbonyl (C=O) groups is 2. The Hall–Kier alpha value is -3.09. The number of piperidine rings is 1. The van der Waals surface area contributed by atoms with Gasteiger partial charge in [0.15, 0.2) is 0 Å². The summed E-state index contributed by atoms with van der Waals surface area (Å²) in [5, 5.41) is 10.4. The minimum atomic E-state index is -0.607. The second-order valence-electron chi connectivity index (χ2n) is 6.24. The van der Waals surface area contributed by atoms with Crippen molar-refractivity contribution >= 4 is 28.4 Å². The molecule has 1 fully saturated rings. The van der Waals surface area contributed by atoms with Crippen molar-refractivity contribution in [3.05, 3.63) is 48.4 Å². The predicted molar refractivity (Wildman–Crippen MR) is 93.8 cm³/mol. The summed E-state index contributed by atoms with van der Waals surface area (Å²) in [6, 6.07) is 7.34. The molecule has 0 bridgehead atoms. The fraction of sp³-hybridized carbons (Fsp3) is 0.278. The van der Waals surface area contributed by atoms with Gasteiger partial charge in [0.2, 0.25) is 0 Å². The van der Waals surface area contributed by atoms with E-state index in [-0.39, 0.29) is 6.04 Å². The maximum Gasteiger partial charge on any atom is 0.313 e. The number of likely N-dealkylation sites (tertiary alicyclic amines) is 1. The standard InChI is InChI=1S/C18H19N5O2/c24-17(22-15-5-3-4-14-13(15)7-8-19-14)18(25)23-9-2-1-6-16(23)12-10-20-21-11-12/h3-5,7-8,10-11,16,19H,1-2,6,9H2,(H,20,21)(H,22,24). The smallest absolute Gasteiger partial charge is 0.313 e. The molecule has 1 aliphatic rings. The van der Waals surface area contributed by atoms with Crippen molar-refractivity contribution in [2.75, 3.05) is 11.9 Å². The first-order valence-corrected chi connectivity index (χ1v) is 8.41. The highest BCUT2D eigenvalue weighted by molar-refractivity contribution is 6.40. The predicted octanol–water partition coefficient (Wildman–Crippen LogP) is 2.58. The van der Waals surface area contributed by atoms with Gasteiger partial charge in [-0.15, -0.1) is 0 Å². The lowest BCUT2D eigenvalue weighted by Crippen LogP contribution is -2.44. The van der Waals surface area contributed by atoms with E-state index in [2.05, 4.69) is 20.5 Å². The third kappa shape index (κ3) is 2.88. The zero-order valence-electron chi connectivity index (χ0n) is 13.7. The zero-order valence-corrected chi connectivity index (χ0v) is 13.7. The van der Waals surface area contributed by atoms with Gasteiger partial charge in [-0.05, 0) is 37.5 Å². The Morgan fingerprint density at radius 1 is 1.24 bits per heavy atom. The van der Waals surface area contributed by atoms with Gasteiger partial charge in [0.1, 0.15) is 0 Å². The van der Waals surface area contributed by atoms with Crippen LogP contribution < -0.4 is 5.32 Å². The molecule has 0 saturated carbocycles. The van der Waals surface area contributed by atoms with Gasteiger partial charge in [0, 0.05) is 35.4 Å². The largest absolute Gasteiger partial charge is 0.361 e. The van der Waals surface area contributed by atoms with E-state index in [0.717, 1.165) is 35.7 Å². The van der Waals surface area contributed by atoms with Crippen LogP contribution in [0.3, 0.4) is 0 Å². The molecule has 0 aliphatic carbocycles. The summed E-state index contributed by atoms with van der Waals surface area (Å²) in [6.45, 7) is 0.580. The van der Waals surface area contributed by atoms with Crippen LogP contribution in [-0.2, 0) is 9.59 Å². The molecular formula is C18H19N5O2. The Bertz CT molecular complexity index is 899. The van der Waals surface area contributed by atoms with Crippen molar-refractivity contribution in [1.82, 2.24) is 20.1 Å². The Kier molecular flexibility index (Phi) is 3.97. The van der Waals surface area contributed by atoms with E-state index >= 15 is 0 Å². The van der Waals surface area contributed by atoms with Gasteiger partial charge in [-0.25, -0.2) is 0 Å². The Morgan fingerprint density at radius 3 is 3.00 bits per heavy atom. The number of nitrogens with zero attached hydrogens (tertiary/aromatic N) is 2. The van der Waals surface area contributed by atoms with E-state index in [9.17, 15) is 9.59 Å². The number of fused-ring (bicyclic) bond motifs is 1. The first-order chi connectivity index (χ1) is 12.2. The Labute approximate surface area is 144 Å². The summed E-state index contributed by atoms with van der Waals surface area (Å²) in [7, 11) is 0. The van der Waals surface area contributed by atoms with Crippen LogP contribution in [0.25, 0.3) is 10.9 Å². The summed E-state index contributed by atoms with van der Waals surface area (Å²) < 4.78 is 0. The van der Waals surface area contributed by atoms with E-state index in [1.54, 1.807) is 23.4 Å². The monoisotopic (exact) mass is 337 g/mol. The highest BCUT2D eigenvalue weighted by Gasteiger charge is 2.32. The van der Waals surface area contributed by atoms with Crippen molar-refractivity contribution in [1.29, 1.82) is 0 Å². The fourth-order valence-corrected chi connectivity index (χ4v) is 3.46. The molecule has 7 heteroatoms. The number of rotatable bonds is 2. The highest BCUT2D eigenvalue weighted by Crippen LogP contribution is 2.30. The second-order valence-corrected chi connectivity index (χ2v) is 6.24. The number of aromatic nitrogens is 3. The van der Waals surface area contributed by atoms with Gasteiger partial charge < -0.3 is 15.2 Å². The number of aromatic amines is 2. The molecular weight excluding hydrogens is 318 g/mol. The number of hydrogen-bond acceptors (Lipinski definition) is 3. The van der Waals surface area contributed by atoms with Gasteiger partial charge in [-0.1, -0.05) is 6.07 Å². The van der Waals surface area contributed by atoms with Crippen LogP contribution >= 0.6 is 0 Å². The molecule has 1 saturated heterocycles. The van der Waals surface area contributed by atoms with E-state index in [4.69, 9.17) is 0 Å². The van der Waals surface area contributed by atoms with Crippen LogP contribution in [0.15, 0.2) is 42.9 Å². The van der Waals surface area contributed by atoms with Crippen molar-refractivity contribution in [3.63, 3.8) is 0 Å². The van der Waals surface area contributed by atoms with Crippen LogP contribution in [0.5, 0.6) is 0 Å². The van der Waals surface area contributed by atoms with Crippen molar-refractivity contribution in [2.45, 2.75) is 25.3 Å². The highest BCUT2D eigenvalue weighted by atomic mass is 16.2. The van der Waals surface area contributed by atoms with Gasteiger partial charge >= 0.3 is 11.8 Å². The molecule has 25 heavy (non-hydrogen) atoms. The fourth-order valence-electron chi connectivity index (χ4n) is 3.46. The minimum Gasteiger partial charge on any atom is -0.361 e. The number of H-pyrrole nitrogens is 2. The van der Waals surface area contributed by atoms with Crippen LogP contribution in [-0.4, -0.2) is 38.4 Å². The van der Waals surface area contributed by atoms with E-state index in [1.807, 2.05) is 24.4 Å². The summed E-state index contributed by atoms with van der Waals surface area (Å²) in [5.41, 5.74) is 2.49. The average Bonchev–Trinajstić information content (AvgIpc) is 3.33. The maximum absolute atomic E-state index is 12.8. The average molecular weight is 337 g/mol. The third-order valence-electron chi connectivity index (χ3n) is 4.71. The minimum absolute atomic E-state index is 0.103. The molecule has 1 unspecified atom stereocenters. The summed E-state index contributed by atoms with van der Waals surface area (Å²) in [5.74, 6) is -1.11. The first-order valence-electron chi connectivity index (χ1n) is 8.41. The van der Waals surface area contributed by atoms with Gasteiger partial charge in [0.25, 0.3) is 0 Å². The molecule has 1 aromatic carbocycles. The molecule has 0 radical (unpaired) electrons. The van der Waals surface area contributed by atoms with Crippen molar-refractivity contribution < 1.29 is 9.59 Å². The molecule has 3 N–H and O–H groups in total. The molecule has 1 aliphatic heterocycles. The van der Waals surface area contributed by atoms with Crippen molar-refractivity contribution in [2.24, 2.45) is 0 Å². The number of carbonyl (C=O) groups excluding carboxylic acids is 2. The van der Waals surface area contributed by atoms with Gasteiger partial charge in [-0.3, -0.25) is 14.7 Å². The van der Waals surface area contributed by atoms with E-state index in [1.165, 1.54) is 0 Å². The van der Waals surface area contributed by atoms with Crippen LogP contribution in [0.2, 0.25) is 0 Å². The van der Waals surface area contributed by atoms with Crippen LogP contribution in [0.1, 0.15) is 30.9 Å². The number of amides is 2. The molecule has 3 aromatic rings. The molecule has 4 rings (SSSR count). The van der Waals surface area contributed by atoms with Crippen molar-refractivity contribution in [3.8, 4) is 0 Å². The summed E-state index contributed by atoms with van der Waals surface area (Å²) in [6.07, 6.45) is 8.09. The normalized spacial score (nSPS) is 17.6. The zero-order chi connectivity index (χ0) is 17.2. The van der Waals surface area contributed by atoms with E-state index in [0.29, 0.717) is 12.2 Å². The van der Waals surface area contributed by atoms with Gasteiger partial charge in [-0.2, -0.15) is 5.10 Å². The lowest BCUT2D eigenvalue weighted by atomic mass is 9.97. The maximum atomic E-state index is 12.8. The number of hydrogen-bond donors (Lipinski definition) is 3.